The van der Waals surface area contributed by atoms with Gasteiger partial charge in [-0.1, -0.05) is 48.5 Å². The van der Waals surface area contributed by atoms with Gasteiger partial charge in [0, 0.05) is 30.2 Å². The van der Waals surface area contributed by atoms with Gasteiger partial charge in [0.05, 0.1) is 6.54 Å². The number of nitrogens with one attached hydrogen (secondary N) is 1. The Morgan fingerprint density at radius 1 is 1.00 bits per heavy atom. The lowest BCUT2D eigenvalue weighted by molar-refractivity contribution is 0.204. The number of hydrogen-bond acceptors (Lipinski definition) is 1. The number of para-hydroxylation sites is 1. The topological polar surface area (TPSA) is 37.3 Å². The summed E-state index contributed by atoms with van der Waals surface area (Å²) >= 11 is 0. The number of carbonyl (C=O) groups excluding carboxylic acids is 1. The number of anilines is 1. The summed E-state index contributed by atoms with van der Waals surface area (Å²) in [5, 5.41) is 3.16. The van der Waals surface area contributed by atoms with E-state index in [1.807, 2.05) is 43.0 Å². The second kappa shape index (κ2) is 7.93. The molecule has 0 spiro atoms. The molecule has 1 fully saturated rings. The van der Waals surface area contributed by atoms with Crippen LogP contribution in [0.15, 0.2) is 66.9 Å². The third kappa shape index (κ3) is 4.11. The first-order valence-electron chi connectivity index (χ1n) is 9.93. The number of benzene rings is 2. The lowest BCUT2D eigenvalue weighted by atomic mass is 10.1. The van der Waals surface area contributed by atoms with E-state index in [4.69, 9.17) is 0 Å². The van der Waals surface area contributed by atoms with Crippen LogP contribution < -0.4 is 5.32 Å². The Hall–Kier alpha value is -3.01. The van der Waals surface area contributed by atoms with E-state index >= 15 is 0 Å². The van der Waals surface area contributed by atoms with Crippen molar-refractivity contribution in [3.8, 4) is 0 Å². The van der Waals surface area contributed by atoms with Gasteiger partial charge in [-0.25, -0.2) is 4.79 Å². The third-order valence-corrected chi connectivity index (χ3v) is 5.41. The van der Waals surface area contributed by atoms with Crippen LogP contribution in [0.3, 0.4) is 0 Å². The zero-order chi connectivity index (χ0) is 19.5. The van der Waals surface area contributed by atoms with Gasteiger partial charge >= 0.3 is 6.03 Å². The molecule has 1 saturated carbocycles. The largest absolute Gasteiger partial charge is 0.345 e. The fourth-order valence-corrected chi connectivity index (χ4v) is 3.65. The van der Waals surface area contributed by atoms with E-state index < -0.39 is 0 Å². The first-order valence-corrected chi connectivity index (χ1v) is 9.93. The highest BCUT2D eigenvalue weighted by atomic mass is 16.2. The van der Waals surface area contributed by atoms with E-state index in [0.717, 1.165) is 41.9 Å². The second-order valence-electron chi connectivity index (χ2n) is 7.67. The zero-order valence-electron chi connectivity index (χ0n) is 16.6. The summed E-state index contributed by atoms with van der Waals surface area (Å²) in [4.78, 5) is 15.1. The van der Waals surface area contributed by atoms with Crippen LogP contribution in [0.25, 0.3) is 0 Å². The predicted octanol–water partition coefficient (Wildman–Crippen LogP) is 5.35. The van der Waals surface area contributed by atoms with E-state index in [1.165, 1.54) is 5.56 Å². The highest BCUT2D eigenvalue weighted by Crippen LogP contribution is 2.30. The van der Waals surface area contributed by atoms with Crippen LogP contribution in [-0.4, -0.2) is 21.5 Å². The number of carbonyl (C=O) groups is 1. The molecule has 0 unspecified atom stereocenters. The summed E-state index contributed by atoms with van der Waals surface area (Å²) in [6.45, 7) is 5.52. The Bertz CT molecular complexity index is 937. The van der Waals surface area contributed by atoms with Gasteiger partial charge in [0.15, 0.2) is 0 Å². The smallest absolute Gasteiger partial charge is 0.322 e. The number of nitrogens with zero attached hydrogens (tertiary/aromatic N) is 2. The maximum absolute atomic E-state index is 13.1. The Morgan fingerprint density at radius 2 is 1.71 bits per heavy atom. The molecular formula is C24H27N3O. The first kappa shape index (κ1) is 18.4. The molecule has 4 nitrogen and oxygen atoms in total. The number of amides is 2. The number of aryl methyl sites for hydroxylation is 2. The average Bonchev–Trinajstić information content (AvgIpc) is 3.44. The van der Waals surface area contributed by atoms with Gasteiger partial charge in [-0.3, -0.25) is 0 Å². The van der Waals surface area contributed by atoms with E-state index in [1.54, 1.807) is 0 Å². The fourth-order valence-electron chi connectivity index (χ4n) is 3.65. The summed E-state index contributed by atoms with van der Waals surface area (Å²) in [5.41, 5.74) is 5.54. The van der Waals surface area contributed by atoms with Crippen LogP contribution in [0.1, 0.15) is 35.2 Å². The van der Waals surface area contributed by atoms with Crippen molar-refractivity contribution in [3.63, 3.8) is 0 Å². The number of aromatic nitrogens is 1. The molecule has 1 aromatic heterocycles. The Labute approximate surface area is 166 Å². The standard InChI is InChI=1S/C24H27N3O/c1-18-8-6-9-19(2)23(18)25-24(28)27(21-13-14-21)17-22-12-7-15-26(22)16-20-10-4-3-5-11-20/h3-12,15,21H,13-14,16-17H2,1-2H3,(H,25,28). The first-order chi connectivity index (χ1) is 13.6. The minimum Gasteiger partial charge on any atom is -0.345 e. The minimum absolute atomic E-state index is 0.00707. The molecule has 0 bridgehead atoms. The Morgan fingerprint density at radius 3 is 2.39 bits per heavy atom. The average molecular weight is 374 g/mol. The third-order valence-electron chi connectivity index (χ3n) is 5.41. The summed E-state index contributed by atoms with van der Waals surface area (Å²) in [5.74, 6) is 0. The van der Waals surface area contributed by atoms with Gasteiger partial charge in [0.25, 0.3) is 0 Å². The van der Waals surface area contributed by atoms with Crippen LogP contribution in [0.5, 0.6) is 0 Å². The molecule has 3 aromatic rings. The molecule has 1 heterocycles. The van der Waals surface area contributed by atoms with Crippen LogP contribution in [0.4, 0.5) is 10.5 Å². The molecule has 2 amide bonds. The molecule has 1 aliphatic carbocycles. The number of rotatable bonds is 6. The molecule has 4 heteroatoms. The highest BCUT2D eigenvalue weighted by Gasteiger charge is 2.33. The predicted molar refractivity (Wildman–Crippen MR) is 113 cm³/mol. The van der Waals surface area contributed by atoms with Crippen LogP contribution in [0, 0.1) is 13.8 Å². The van der Waals surface area contributed by atoms with Crippen LogP contribution >= 0.6 is 0 Å². The molecule has 4 rings (SSSR count). The van der Waals surface area contributed by atoms with Crippen molar-refractivity contribution in [1.29, 1.82) is 0 Å². The maximum Gasteiger partial charge on any atom is 0.322 e. The van der Waals surface area contributed by atoms with Gasteiger partial charge < -0.3 is 14.8 Å². The van der Waals surface area contributed by atoms with Crippen molar-refractivity contribution in [1.82, 2.24) is 9.47 Å². The SMILES string of the molecule is Cc1cccc(C)c1NC(=O)N(Cc1cccn1Cc1ccccc1)C1CC1. The van der Waals surface area contributed by atoms with Gasteiger partial charge in [0.1, 0.15) is 0 Å². The monoisotopic (exact) mass is 373 g/mol. The molecule has 144 valence electrons. The van der Waals surface area contributed by atoms with E-state index in [0.29, 0.717) is 12.6 Å². The highest BCUT2D eigenvalue weighted by molar-refractivity contribution is 5.91. The second-order valence-corrected chi connectivity index (χ2v) is 7.67. The number of hydrogen-bond donors (Lipinski definition) is 1. The molecule has 28 heavy (non-hydrogen) atoms. The lowest BCUT2D eigenvalue weighted by Gasteiger charge is -2.25. The van der Waals surface area contributed by atoms with E-state index in [9.17, 15) is 4.79 Å². The van der Waals surface area contributed by atoms with Gasteiger partial charge in [-0.2, -0.15) is 0 Å². The Balaban J connectivity index is 1.51. The molecular weight excluding hydrogens is 346 g/mol. The zero-order valence-corrected chi connectivity index (χ0v) is 16.6. The maximum atomic E-state index is 13.1. The normalized spacial score (nSPS) is 13.4. The van der Waals surface area contributed by atoms with Gasteiger partial charge in [-0.05, 0) is 55.5 Å². The van der Waals surface area contributed by atoms with Crippen molar-refractivity contribution < 1.29 is 4.79 Å². The van der Waals surface area contributed by atoms with E-state index in [-0.39, 0.29) is 6.03 Å². The van der Waals surface area contributed by atoms with Crippen LogP contribution in [0.2, 0.25) is 0 Å². The molecule has 1 aliphatic rings. The summed E-state index contributed by atoms with van der Waals surface area (Å²) in [6, 6.07) is 21.0. The fraction of sp³-hybridized carbons (Fsp3) is 0.292. The minimum atomic E-state index is -0.00707. The van der Waals surface area contributed by atoms with Crippen molar-refractivity contribution >= 4 is 11.7 Å². The van der Waals surface area contributed by atoms with Crippen molar-refractivity contribution in [2.24, 2.45) is 0 Å². The molecule has 2 aromatic carbocycles. The van der Waals surface area contributed by atoms with Crippen LogP contribution in [-0.2, 0) is 13.1 Å². The van der Waals surface area contributed by atoms with Crippen molar-refractivity contribution in [2.75, 3.05) is 5.32 Å². The summed E-state index contributed by atoms with van der Waals surface area (Å²) in [7, 11) is 0. The number of urea groups is 1. The Kier molecular flexibility index (Phi) is 5.20. The van der Waals surface area contributed by atoms with E-state index in [2.05, 4.69) is 52.5 Å². The van der Waals surface area contributed by atoms with Crippen molar-refractivity contribution in [3.05, 3.63) is 89.2 Å². The molecule has 0 atom stereocenters. The molecule has 0 aliphatic heterocycles. The molecule has 0 radical (unpaired) electrons. The molecule has 0 saturated heterocycles. The van der Waals surface area contributed by atoms with Gasteiger partial charge in [-0.15, -0.1) is 0 Å². The quantitative estimate of drug-likeness (QED) is 0.621. The summed E-state index contributed by atoms with van der Waals surface area (Å²) < 4.78 is 2.23. The lowest BCUT2D eigenvalue weighted by Crippen LogP contribution is -2.37. The summed E-state index contributed by atoms with van der Waals surface area (Å²) in [6.07, 6.45) is 4.26. The van der Waals surface area contributed by atoms with Crippen molar-refractivity contribution in [2.45, 2.75) is 45.8 Å². The molecule has 1 N–H and O–H groups in total. The van der Waals surface area contributed by atoms with Gasteiger partial charge in [0.2, 0.25) is 0 Å².